The van der Waals surface area contributed by atoms with Gasteiger partial charge in [-0.1, -0.05) is 13.8 Å². The summed E-state index contributed by atoms with van der Waals surface area (Å²) in [6.07, 6.45) is 3.73. The second-order valence-corrected chi connectivity index (χ2v) is 4.77. The number of hydrogen-bond donors (Lipinski definition) is 1. The van der Waals surface area contributed by atoms with Crippen molar-refractivity contribution >= 4 is 0 Å². The van der Waals surface area contributed by atoms with Gasteiger partial charge in [-0.3, -0.25) is 0 Å². The van der Waals surface area contributed by atoms with Crippen LogP contribution in [-0.4, -0.2) is 15.8 Å². The van der Waals surface area contributed by atoms with Gasteiger partial charge in [0.25, 0.3) is 0 Å². The van der Waals surface area contributed by atoms with E-state index in [1.165, 1.54) is 6.07 Å². The van der Waals surface area contributed by atoms with Gasteiger partial charge >= 0.3 is 0 Å². The van der Waals surface area contributed by atoms with Gasteiger partial charge in [0.2, 0.25) is 0 Å². The number of nitrogens with zero attached hydrogens (tertiary/aromatic N) is 2. The Bertz CT molecular complexity index is 532. The van der Waals surface area contributed by atoms with Crippen LogP contribution < -0.4 is 5.32 Å². The Kier molecular flexibility index (Phi) is 3.77. The van der Waals surface area contributed by atoms with Gasteiger partial charge in [-0.05, 0) is 36.2 Å². The van der Waals surface area contributed by atoms with Crippen molar-refractivity contribution in [2.75, 3.05) is 0 Å². The summed E-state index contributed by atoms with van der Waals surface area (Å²) in [7, 11) is 0. The maximum atomic E-state index is 13.3. The number of aryl methyl sites for hydroxylation is 1. The van der Waals surface area contributed by atoms with Gasteiger partial charge in [0.05, 0.1) is 11.9 Å². The smallest absolute Gasteiger partial charge is 0.123 e. The first-order valence-electron chi connectivity index (χ1n) is 6.09. The molecule has 1 N–H and O–H groups in total. The van der Waals surface area contributed by atoms with Crippen molar-refractivity contribution in [2.24, 2.45) is 0 Å². The lowest BCUT2D eigenvalue weighted by Crippen LogP contribution is -2.22. The molecule has 0 amide bonds. The van der Waals surface area contributed by atoms with Crippen molar-refractivity contribution in [1.82, 2.24) is 15.1 Å². The molecule has 4 heteroatoms. The molecule has 0 aliphatic rings. The summed E-state index contributed by atoms with van der Waals surface area (Å²) < 4.78 is 15.1. The summed E-state index contributed by atoms with van der Waals surface area (Å²) in [4.78, 5) is 0. The van der Waals surface area contributed by atoms with Crippen LogP contribution in [0.2, 0.25) is 0 Å². The van der Waals surface area contributed by atoms with Gasteiger partial charge < -0.3 is 5.32 Å². The number of halogens is 1. The van der Waals surface area contributed by atoms with Crippen molar-refractivity contribution in [2.45, 2.75) is 33.4 Å². The van der Waals surface area contributed by atoms with Gasteiger partial charge in [0.15, 0.2) is 0 Å². The van der Waals surface area contributed by atoms with Crippen molar-refractivity contribution < 1.29 is 4.39 Å². The molecule has 0 aliphatic carbocycles. The molecular formula is C14H18FN3. The van der Waals surface area contributed by atoms with E-state index in [0.717, 1.165) is 16.8 Å². The fourth-order valence-electron chi connectivity index (χ4n) is 1.78. The number of benzene rings is 1. The fraction of sp³-hybridized carbons (Fsp3) is 0.357. The van der Waals surface area contributed by atoms with Crippen LogP contribution in [0.15, 0.2) is 30.6 Å². The lowest BCUT2D eigenvalue weighted by Gasteiger charge is -2.12. The number of aromatic nitrogens is 2. The Morgan fingerprint density at radius 3 is 2.78 bits per heavy atom. The van der Waals surface area contributed by atoms with E-state index < -0.39 is 0 Å². The first-order valence-corrected chi connectivity index (χ1v) is 6.09. The molecule has 1 aromatic heterocycles. The molecule has 0 bridgehead atoms. The first kappa shape index (κ1) is 12.8. The number of hydrogen-bond acceptors (Lipinski definition) is 2. The van der Waals surface area contributed by atoms with E-state index in [0.29, 0.717) is 12.6 Å². The quantitative estimate of drug-likeness (QED) is 0.900. The Balaban J connectivity index is 2.34. The monoisotopic (exact) mass is 247 g/mol. The minimum absolute atomic E-state index is 0.219. The molecule has 0 saturated carbocycles. The van der Waals surface area contributed by atoms with Crippen LogP contribution in [0, 0.1) is 12.7 Å². The average molecular weight is 247 g/mol. The van der Waals surface area contributed by atoms with E-state index in [2.05, 4.69) is 24.3 Å². The van der Waals surface area contributed by atoms with Crippen LogP contribution in [0.25, 0.3) is 5.69 Å². The molecule has 0 fully saturated rings. The summed E-state index contributed by atoms with van der Waals surface area (Å²) in [5, 5.41) is 7.57. The topological polar surface area (TPSA) is 29.9 Å². The van der Waals surface area contributed by atoms with Crippen LogP contribution in [0.5, 0.6) is 0 Å². The molecular weight excluding hydrogens is 229 g/mol. The Hall–Kier alpha value is -1.68. The third-order valence-corrected chi connectivity index (χ3v) is 2.70. The maximum Gasteiger partial charge on any atom is 0.123 e. The van der Waals surface area contributed by atoms with Crippen LogP contribution in [-0.2, 0) is 6.54 Å². The summed E-state index contributed by atoms with van der Waals surface area (Å²) in [6.45, 7) is 6.75. The number of rotatable bonds is 4. The van der Waals surface area contributed by atoms with E-state index >= 15 is 0 Å². The fourth-order valence-corrected chi connectivity index (χ4v) is 1.78. The van der Waals surface area contributed by atoms with Crippen LogP contribution in [0.4, 0.5) is 4.39 Å². The highest BCUT2D eigenvalue weighted by Crippen LogP contribution is 2.16. The molecule has 18 heavy (non-hydrogen) atoms. The lowest BCUT2D eigenvalue weighted by atomic mass is 10.1. The predicted molar refractivity (Wildman–Crippen MR) is 70.2 cm³/mol. The molecule has 0 spiro atoms. The van der Waals surface area contributed by atoms with Crippen molar-refractivity contribution in [3.63, 3.8) is 0 Å². The zero-order valence-corrected chi connectivity index (χ0v) is 10.9. The van der Waals surface area contributed by atoms with E-state index in [1.807, 2.05) is 13.1 Å². The molecule has 3 nitrogen and oxygen atoms in total. The van der Waals surface area contributed by atoms with Crippen LogP contribution >= 0.6 is 0 Å². The van der Waals surface area contributed by atoms with Gasteiger partial charge in [0, 0.05) is 18.8 Å². The molecule has 0 atom stereocenters. The minimum atomic E-state index is -0.219. The van der Waals surface area contributed by atoms with E-state index in [1.54, 1.807) is 23.0 Å². The molecule has 0 radical (unpaired) electrons. The molecule has 2 aromatic rings. The average Bonchev–Trinajstić information content (AvgIpc) is 2.73. The summed E-state index contributed by atoms with van der Waals surface area (Å²) in [5.41, 5.74) is 2.91. The second kappa shape index (κ2) is 5.31. The minimum Gasteiger partial charge on any atom is -0.310 e. The van der Waals surface area contributed by atoms with Crippen LogP contribution in [0.3, 0.4) is 0 Å². The van der Waals surface area contributed by atoms with Crippen molar-refractivity contribution in [3.8, 4) is 5.69 Å². The second-order valence-electron chi connectivity index (χ2n) is 4.77. The highest BCUT2D eigenvalue weighted by atomic mass is 19.1. The van der Waals surface area contributed by atoms with Gasteiger partial charge in [-0.25, -0.2) is 9.07 Å². The highest BCUT2D eigenvalue weighted by Gasteiger charge is 2.07. The van der Waals surface area contributed by atoms with Crippen molar-refractivity contribution in [3.05, 3.63) is 47.5 Å². The number of nitrogens with one attached hydrogen (secondary N) is 1. The predicted octanol–water partition coefficient (Wildman–Crippen LogP) is 2.82. The zero-order valence-electron chi connectivity index (χ0n) is 10.9. The normalized spacial score (nSPS) is 11.2. The van der Waals surface area contributed by atoms with E-state index in [-0.39, 0.29) is 5.82 Å². The molecule has 1 aromatic carbocycles. The lowest BCUT2D eigenvalue weighted by molar-refractivity contribution is 0.578. The third kappa shape index (κ3) is 2.96. The van der Waals surface area contributed by atoms with Crippen molar-refractivity contribution in [1.29, 1.82) is 0 Å². The van der Waals surface area contributed by atoms with Crippen LogP contribution in [0.1, 0.15) is 25.0 Å². The van der Waals surface area contributed by atoms with Gasteiger partial charge in [-0.15, -0.1) is 0 Å². The SMILES string of the molecule is Cc1cnn(-c2ccc(F)cc2CNC(C)C)c1. The van der Waals surface area contributed by atoms with Gasteiger partial charge in [-0.2, -0.15) is 5.10 Å². The summed E-state index contributed by atoms with van der Waals surface area (Å²) in [5.74, 6) is -0.219. The Morgan fingerprint density at radius 2 is 2.17 bits per heavy atom. The molecule has 1 heterocycles. The van der Waals surface area contributed by atoms with Gasteiger partial charge in [0.1, 0.15) is 5.82 Å². The maximum absolute atomic E-state index is 13.3. The Labute approximate surface area is 107 Å². The van der Waals surface area contributed by atoms with E-state index in [4.69, 9.17) is 0 Å². The molecule has 0 saturated heterocycles. The molecule has 2 rings (SSSR count). The zero-order chi connectivity index (χ0) is 13.1. The standard InChI is InChI=1S/C14H18FN3/c1-10(2)16-8-12-6-13(15)4-5-14(12)18-9-11(3)7-17-18/h4-7,9-10,16H,8H2,1-3H3. The molecule has 0 unspecified atom stereocenters. The molecule has 96 valence electrons. The largest absolute Gasteiger partial charge is 0.310 e. The summed E-state index contributed by atoms with van der Waals surface area (Å²) in [6, 6.07) is 5.15. The van der Waals surface area contributed by atoms with E-state index in [9.17, 15) is 4.39 Å². The third-order valence-electron chi connectivity index (χ3n) is 2.70. The molecule has 0 aliphatic heterocycles. The highest BCUT2D eigenvalue weighted by molar-refractivity contribution is 5.41. The Morgan fingerprint density at radius 1 is 1.39 bits per heavy atom. The first-order chi connectivity index (χ1) is 8.56. The summed E-state index contributed by atoms with van der Waals surface area (Å²) >= 11 is 0.